The number of hydrogen-bond acceptors (Lipinski definition) is 7. The van der Waals surface area contributed by atoms with Crippen LogP contribution < -0.4 is 10.4 Å². The Morgan fingerprint density at radius 1 is 1.27 bits per heavy atom. The van der Waals surface area contributed by atoms with E-state index in [4.69, 9.17) is 13.9 Å². The van der Waals surface area contributed by atoms with E-state index < -0.39 is 23.3 Å². The summed E-state index contributed by atoms with van der Waals surface area (Å²) in [6.07, 6.45) is -0.657. The van der Waals surface area contributed by atoms with Crippen LogP contribution in [-0.4, -0.2) is 51.3 Å². The van der Waals surface area contributed by atoms with Crippen LogP contribution in [0.1, 0.15) is 20.8 Å². The van der Waals surface area contributed by atoms with Gasteiger partial charge in [-0.25, -0.2) is 9.59 Å². The van der Waals surface area contributed by atoms with Crippen LogP contribution in [0, 0.1) is 0 Å². The van der Waals surface area contributed by atoms with Gasteiger partial charge in [0.2, 0.25) is 0 Å². The van der Waals surface area contributed by atoms with E-state index in [1.54, 1.807) is 24.3 Å². The molecular weight excluding hydrogens is 410 g/mol. The largest absolute Gasteiger partial charge is 0.489 e. The number of thioether (sulfide) groups is 1. The lowest BCUT2D eigenvalue weighted by molar-refractivity contribution is -0.177. The van der Waals surface area contributed by atoms with Crippen LogP contribution in [0.3, 0.4) is 0 Å². The van der Waals surface area contributed by atoms with E-state index in [-0.39, 0.29) is 23.6 Å². The lowest BCUT2D eigenvalue weighted by atomic mass is 10.0. The number of rotatable bonds is 5. The van der Waals surface area contributed by atoms with E-state index in [0.29, 0.717) is 22.7 Å². The highest BCUT2D eigenvalue weighted by Gasteiger charge is 2.55. The number of β-lactam (4-membered cyclic amide) rings is 1. The molecule has 3 heterocycles. The van der Waals surface area contributed by atoms with Crippen LogP contribution in [0.25, 0.3) is 11.0 Å². The maximum absolute atomic E-state index is 12.6. The standard InChI is InChI=1S/C21H21NO7S/c1-21(2,3)29-17-18(24)22-16(20(25)26)12(10-30-19(17)22)9-27-13-6-4-11-5-7-15(23)28-14(11)8-13/h4-8,17,19H,9-10H2,1-3H3,(H,25,26)/t17-,19+/m0/s1. The first-order valence-electron chi connectivity index (χ1n) is 9.38. The second-order valence-corrected chi connectivity index (χ2v) is 9.17. The van der Waals surface area contributed by atoms with E-state index in [0.717, 1.165) is 5.39 Å². The Morgan fingerprint density at radius 2 is 2.00 bits per heavy atom. The summed E-state index contributed by atoms with van der Waals surface area (Å²) in [6.45, 7) is 5.57. The summed E-state index contributed by atoms with van der Waals surface area (Å²) in [6, 6.07) is 8.03. The Bertz CT molecular complexity index is 1110. The molecule has 2 aromatic rings. The molecule has 1 aromatic carbocycles. The van der Waals surface area contributed by atoms with Gasteiger partial charge < -0.3 is 19.0 Å². The summed E-state index contributed by atoms with van der Waals surface area (Å²) in [4.78, 5) is 37.2. The number of amides is 1. The van der Waals surface area contributed by atoms with Gasteiger partial charge in [-0.2, -0.15) is 0 Å². The lowest BCUT2D eigenvalue weighted by Gasteiger charge is -2.50. The first kappa shape index (κ1) is 20.5. The molecule has 1 amide bonds. The zero-order valence-corrected chi connectivity index (χ0v) is 17.5. The molecule has 8 nitrogen and oxygen atoms in total. The second kappa shape index (κ2) is 7.48. The van der Waals surface area contributed by atoms with Gasteiger partial charge in [0, 0.05) is 28.8 Å². The van der Waals surface area contributed by atoms with Crippen molar-refractivity contribution in [2.45, 2.75) is 37.9 Å². The summed E-state index contributed by atoms with van der Waals surface area (Å²) in [5.74, 6) is -0.691. The number of carbonyl (C=O) groups excluding carboxylic acids is 1. The second-order valence-electron chi connectivity index (χ2n) is 8.06. The van der Waals surface area contributed by atoms with Crippen molar-refractivity contribution < 1.29 is 28.6 Å². The maximum atomic E-state index is 12.6. The Hall–Kier alpha value is -2.78. The molecule has 30 heavy (non-hydrogen) atoms. The highest BCUT2D eigenvalue weighted by atomic mass is 32.2. The SMILES string of the molecule is CC(C)(C)O[C@H]1C(=O)N2C(C(=O)O)=C(COc3ccc4ccc(=O)oc4c3)CS[C@H]12. The normalized spacial score (nSPS) is 21.4. The molecule has 1 saturated heterocycles. The molecule has 9 heteroatoms. The Labute approximate surface area is 176 Å². The zero-order valence-electron chi connectivity index (χ0n) is 16.7. The van der Waals surface area contributed by atoms with Gasteiger partial charge in [-0.3, -0.25) is 9.69 Å². The number of ether oxygens (including phenoxy) is 2. The monoisotopic (exact) mass is 431 g/mol. The highest BCUT2D eigenvalue weighted by Crippen LogP contribution is 2.42. The average molecular weight is 431 g/mol. The molecule has 0 spiro atoms. The highest BCUT2D eigenvalue weighted by molar-refractivity contribution is 8.00. The van der Waals surface area contributed by atoms with E-state index >= 15 is 0 Å². The topological polar surface area (TPSA) is 106 Å². The fourth-order valence-electron chi connectivity index (χ4n) is 3.42. The first-order chi connectivity index (χ1) is 14.1. The Balaban J connectivity index is 1.54. The lowest BCUT2D eigenvalue weighted by Crippen LogP contribution is -2.67. The molecule has 2 atom stereocenters. The van der Waals surface area contributed by atoms with Crippen molar-refractivity contribution in [2.24, 2.45) is 0 Å². The van der Waals surface area contributed by atoms with E-state index in [1.165, 1.54) is 22.7 Å². The van der Waals surface area contributed by atoms with E-state index in [2.05, 4.69) is 0 Å². The third-order valence-electron chi connectivity index (χ3n) is 4.69. The molecule has 2 aliphatic rings. The molecule has 4 rings (SSSR count). The average Bonchev–Trinajstić information content (AvgIpc) is 2.68. The van der Waals surface area contributed by atoms with Gasteiger partial charge in [-0.15, -0.1) is 11.8 Å². The van der Waals surface area contributed by atoms with Crippen molar-refractivity contribution in [1.29, 1.82) is 0 Å². The van der Waals surface area contributed by atoms with Crippen molar-refractivity contribution in [3.8, 4) is 5.75 Å². The predicted molar refractivity (Wildman–Crippen MR) is 110 cm³/mol. The third kappa shape index (κ3) is 3.82. The quantitative estimate of drug-likeness (QED) is 0.569. The van der Waals surface area contributed by atoms with Crippen LogP contribution in [0.5, 0.6) is 5.75 Å². The minimum absolute atomic E-state index is 0.00149. The molecule has 1 fully saturated rings. The fourth-order valence-corrected chi connectivity index (χ4v) is 4.71. The van der Waals surface area contributed by atoms with Crippen molar-refractivity contribution in [2.75, 3.05) is 12.4 Å². The number of aliphatic carboxylic acids is 1. The summed E-state index contributed by atoms with van der Waals surface area (Å²) < 4.78 is 16.7. The van der Waals surface area contributed by atoms with E-state index in [9.17, 15) is 19.5 Å². The zero-order chi connectivity index (χ0) is 21.6. The number of carbonyl (C=O) groups is 2. The van der Waals surface area contributed by atoms with Gasteiger partial charge in [0.1, 0.15) is 29.0 Å². The molecule has 1 N–H and O–H groups in total. The van der Waals surface area contributed by atoms with Crippen LogP contribution >= 0.6 is 11.8 Å². The number of carboxylic acids is 1. The van der Waals surface area contributed by atoms with Crippen molar-refractivity contribution in [3.05, 3.63) is 52.0 Å². The van der Waals surface area contributed by atoms with Gasteiger partial charge in [-0.05, 0) is 39.0 Å². The Morgan fingerprint density at radius 3 is 2.70 bits per heavy atom. The molecule has 1 aromatic heterocycles. The van der Waals surface area contributed by atoms with Crippen molar-refractivity contribution in [1.82, 2.24) is 4.90 Å². The van der Waals surface area contributed by atoms with Crippen molar-refractivity contribution >= 4 is 34.6 Å². The number of fused-ring (bicyclic) bond motifs is 2. The van der Waals surface area contributed by atoms with Crippen molar-refractivity contribution in [3.63, 3.8) is 0 Å². The van der Waals surface area contributed by atoms with Gasteiger partial charge in [0.25, 0.3) is 5.91 Å². The molecule has 158 valence electrons. The molecular formula is C21H21NO7S. The maximum Gasteiger partial charge on any atom is 0.352 e. The molecule has 0 unspecified atom stereocenters. The van der Waals surface area contributed by atoms with E-state index in [1.807, 2.05) is 20.8 Å². The van der Waals surface area contributed by atoms with Gasteiger partial charge in [0.05, 0.1) is 5.60 Å². The fraction of sp³-hybridized carbons (Fsp3) is 0.381. The molecule has 0 saturated carbocycles. The first-order valence-corrected chi connectivity index (χ1v) is 10.4. The smallest absolute Gasteiger partial charge is 0.352 e. The molecule has 0 bridgehead atoms. The summed E-state index contributed by atoms with van der Waals surface area (Å²) in [5.41, 5.74) is -0.140. The molecule has 0 radical (unpaired) electrons. The predicted octanol–water partition coefficient (Wildman–Crippen LogP) is 2.61. The third-order valence-corrected chi connectivity index (χ3v) is 6.00. The van der Waals surface area contributed by atoms with Crippen LogP contribution in [0.15, 0.2) is 50.8 Å². The number of benzene rings is 1. The number of carboxylic acid groups (broad SMARTS) is 1. The summed E-state index contributed by atoms with van der Waals surface area (Å²) >= 11 is 1.45. The Kier molecular flexibility index (Phi) is 5.11. The van der Waals surface area contributed by atoms with Gasteiger partial charge in [-0.1, -0.05) is 0 Å². The van der Waals surface area contributed by atoms with Crippen LogP contribution in [-0.2, 0) is 14.3 Å². The summed E-state index contributed by atoms with van der Waals surface area (Å²) in [7, 11) is 0. The number of hydrogen-bond donors (Lipinski definition) is 1. The van der Waals surface area contributed by atoms with Crippen LogP contribution in [0.2, 0.25) is 0 Å². The van der Waals surface area contributed by atoms with Gasteiger partial charge in [0.15, 0.2) is 6.10 Å². The minimum atomic E-state index is -1.18. The van der Waals surface area contributed by atoms with Crippen LogP contribution in [0.4, 0.5) is 0 Å². The number of nitrogens with zero attached hydrogens (tertiary/aromatic N) is 1. The molecule has 0 aliphatic carbocycles. The van der Waals surface area contributed by atoms with Gasteiger partial charge >= 0.3 is 11.6 Å². The molecule has 2 aliphatic heterocycles. The summed E-state index contributed by atoms with van der Waals surface area (Å²) in [5, 5.41) is 10.1. The minimum Gasteiger partial charge on any atom is -0.489 e.